The minimum atomic E-state index is -1.00. The number of piperazine rings is 1. The number of fused-ring (bicyclic) bond motifs is 3. The highest BCUT2D eigenvalue weighted by Gasteiger charge is 2.75. The summed E-state index contributed by atoms with van der Waals surface area (Å²) < 4.78 is 10.9. The normalized spacial score (nSPS) is 40.1. The number of aliphatic hydroxyl groups is 1. The summed E-state index contributed by atoms with van der Waals surface area (Å²) in [6, 6.07) is 7.58. The van der Waals surface area contributed by atoms with Crippen molar-refractivity contribution in [3.05, 3.63) is 36.4 Å². The summed E-state index contributed by atoms with van der Waals surface area (Å²) >= 11 is 0. The van der Waals surface area contributed by atoms with Crippen LogP contribution in [0.15, 0.2) is 30.9 Å². The van der Waals surface area contributed by atoms with Crippen molar-refractivity contribution in [1.82, 2.24) is 9.80 Å². The van der Waals surface area contributed by atoms with Gasteiger partial charge in [-0.1, -0.05) is 33.7 Å². The Morgan fingerprint density at radius 3 is 2.86 bits per heavy atom. The molecule has 1 spiro atoms. The van der Waals surface area contributed by atoms with Crippen LogP contribution in [0, 0.1) is 16.7 Å². The molecule has 0 radical (unpaired) electrons. The van der Waals surface area contributed by atoms with E-state index in [1.165, 1.54) is 21.6 Å². The Bertz CT molecular complexity index is 968. The van der Waals surface area contributed by atoms with Gasteiger partial charge in [0.05, 0.1) is 17.5 Å². The Morgan fingerprint density at radius 2 is 2.14 bits per heavy atom. The summed E-state index contributed by atoms with van der Waals surface area (Å²) in [7, 11) is 2.96. The minimum Gasteiger partial charge on any atom is -0.454 e. The Kier molecular flexibility index (Phi) is 4.01. The highest BCUT2D eigenvalue weighted by molar-refractivity contribution is 8.78. The van der Waals surface area contributed by atoms with Crippen molar-refractivity contribution in [3.8, 4) is 17.6 Å². The van der Waals surface area contributed by atoms with E-state index < -0.39 is 27.4 Å². The molecule has 5 atom stereocenters. The number of nitrogens with zero attached hydrogens (tertiary/aromatic N) is 3. The van der Waals surface area contributed by atoms with E-state index in [1.807, 2.05) is 36.9 Å². The maximum atomic E-state index is 13.6. The fourth-order valence-electron chi connectivity index (χ4n) is 4.99. The third kappa shape index (κ3) is 2.26. The lowest BCUT2D eigenvalue weighted by atomic mass is 9.79. The van der Waals surface area contributed by atoms with Crippen molar-refractivity contribution in [3.63, 3.8) is 0 Å². The van der Waals surface area contributed by atoms with E-state index in [4.69, 9.17) is 9.47 Å². The van der Waals surface area contributed by atoms with Crippen LogP contribution in [0.25, 0.3) is 0 Å². The molecule has 1 aromatic rings. The second-order valence-electron chi connectivity index (χ2n) is 8.21. The second-order valence-corrected chi connectivity index (χ2v) is 11.0. The molecule has 0 aromatic heterocycles. The van der Waals surface area contributed by atoms with Crippen molar-refractivity contribution in [2.24, 2.45) is 5.41 Å². The zero-order valence-corrected chi connectivity index (χ0v) is 17.8. The molecule has 5 heterocycles. The number of hydrogen-bond acceptors (Lipinski definition) is 8. The number of benzene rings is 1. The largest absolute Gasteiger partial charge is 0.454 e. The Balaban J connectivity index is 1.67. The highest BCUT2D eigenvalue weighted by Crippen LogP contribution is 2.70. The summed E-state index contributed by atoms with van der Waals surface area (Å²) in [6.07, 6.45) is 1.07. The summed E-state index contributed by atoms with van der Waals surface area (Å²) in [5, 5.41) is 21.6. The molecule has 0 saturated carbocycles. The Labute approximate surface area is 177 Å². The first-order valence-electron chi connectivity index (χ1n) is 9.38. The van der Waals surface area contributed by atoms with Gasteiger partial charge in [0.15, 0.2) is 16.4 Å². The van der Waals surface area contributed by atoms with Crippen molar-refractivity contribution >= 4 is 27.5 Å². The number of amides is 1. The van der Waals surface area contributed by atoms with E-state index in [1.54, 1.807) is 11.0 Å². The molecule has 5 aliphatic heterocycles. The van der Waals surface area contributed by atoms with Crippen LogP contribution in [-0.2, 0) is 4.79 Å². The van der Waals surface area contributed by atoms with E-state index in [2.05, 4.69) is 12.6 Å². The third-order valence-corrected chi connectivity index (χ3v) is 10.1. The van der Waals surface area contributed by atoms with Crippen LogP contribution in [0.4, 0.5) is 0 Å². The number of ether oxygens (including phenoxy) is 2. The first kappa shape index (κ1) is 19.1. The summed E-state index contributed by atoms with van der Waals surface area (Å²) in [4.78, 5) is 15.3. The van der Waals surface area contributed by atoms with Gasteiger partial charge in [-0.3, -0.25) is 4.79 Å². The smallest absolute Gasteiger partial charge is 0.256 e. The van der Waals surface area contributed by atoms with Gasteiger partial charge < -0.3 is 19.5 Å². The lowest BCUT2D eigenvalue weighted by Gasteiger charge is -2.62. The fraction of sp³-hybridized carbons (Fsp3) is 0.500. The van der Waals surface area contributed by atoms with Crippen LogP contribution in [-0.4, -0.2) is 50.1 Å². The van der Waals surface area contributed by atoms with Crippen LogP contribution in [0.5, 0.6) is 11.5 Å². The molecule has 4 saturated heterocycles. The van der Waals surface area contributed by atoms with Gasteiger partial charge in [-0.15, -0.1) is 6.58 Å². The SMILES string of the molecule is C=CCN1C(=O)C23C[C@](C)(C#N)C(c4ccc5c(c4)OCO5)N2C(O)C1(C)SS3. The highest BCUT2D eigenvalue weighted by atomic mass is 33.1. The lowest BCUT2D eigenvalue weighted by Crippen LogP contribution is -2.76. The van der Waals surface area contributed by atoms with Gasteiger partial charge in [0.25, 0.3) is 5.91 Å². The first-order valence-corrected chi connectivity index (χ1v) is 11.5. The minimum absolute atomic E-state index is 0.0707. The zero-order valence-electron chi connectivity index (χ0n) is 16.1. The predicted octanol–water partition coefficient (Wildman–Crippen LogP) is 2.85. The monoisotopic (exact) mass is 431 g/mol. The standard InChI is InChI=1S/C20H21N3O4S2/c1-4-7-22-17(25)20-9-18(2,10-21)15(23(20)16(24)19(22,3)28-29-20)12-5-6-13-14(8-12)27-11-26-13/h4-6,8,15-16,24H,1,7,9,11H2,2-3H3/t15?,16?,18-,19?,20?/m1/s1. The second kappa shape index (κ2) is 6.08. The van der Waals surface area contributed by atoms with Crippen LogP contribution >= 0.6 is 21.6 Å². The van der Waals surface area contributed by atoms with Crippen molar-refractivity contribution < 1.29 is 19.4 Å². The quantitative estimate of drug-likeness (QED) is 0.578. The predicted molar refractivity (Wildman–Crippen MR) is 110 cm³/mol. The van der Waals surface area contributed by atoms with Crippen LogP contribution in [0.1, 0.15) is 31.9 Å². The molecule has 1 N–H and O–H groups in total. The number of aliphatic hydroxyl groups excluding tert-OH is 1. The first-order chi connectivity index (χ1) is 13.8. The molecule has 1 amide bonds. The summed E-state index contributed by atoms with van der Waals surface area (Å²) in [5.74, 6) is 1.21. The van der Waals surface area contributed by atoms with E-state index >= 15 is 0 Å². The van der Waals surface area contributed by atoms with Gasteiger partial charge in [0, 0.05) is 13.0 Å². The van der Waals surface area contributed by atoms with Crippen LogP contribution in [0.2, 0.25) is 0 Å². The van der Waals surface area contributed by atoms with Gasteiger partial charge in [0.1, 0.15) is 11.1 Å². The van der Waals surface area contributed by atoms with Gasteiger partial charge in [-0.05, 0) is 31.5 Å². The molecular weight excluding hydrogens is 410 g/mol. The number of nitriles is 1. The molecule has 6 rings (SSSR count). The molecule has 5 aliphatic rings. The molecule has 1 aromatic carbocycles. The number of carbonyl (C=O) groups excluding carboxylic acids is 1. The molecule has 2 bridgehead atoms. The van der Waals surface area contributed by atoms with Crippen LogP contribution < -0.4 is 9.47 Å². The van der Waals surface area contributed by atoms with E-state index in [-0.39, 0.29) is 12.7 Å². The van der Waals surface area contributed by atoms with Crippen molar-refractivity contribution in [2.75, 3.05) is 13.3 Å². The number of carbonyl (C=O) groups is 1. The number of rotatable bonds is 3. The molecule has 152 valence electrons. The van der Waals surface area contributed by atoms with Gasteiger partial charge in [0.2, 0.25) is 6.79 Å². The topological polar surface area (TPSA) is 86.0 Å². The Hall–Kier alpha value is -1.86. The zero-order chi connectivity index (χ0) is 20.6. The molecule has 4 fully saturated rings. The summed E-state index contributed by atoms with van der Waals surface area (Å²) in [6.45, 7) is 8.03. The molecule has 4 unspecified atom stereocenters. The maximum Gasteiger partial charge on any atom is 0.256 e. The van der Waals surface area contributed by atoms with E-state index in [9.17, 15) is 15.2 Å². The fourth-order valence-corrected chi connectivity index (χ4v) is 8.67. The number of hydrogen-bond donors (Lipinski definition) is 1. The van der Waals surface area contributed by atoms with Gasteiger partial charge in [-0.25, -0.2) is 4.90 Å². The average molecular weight is 432 g/mol. The molecule has 29 heavy (non-hydrogen) atoms. The maximum absolute atomic E-state index is 13.6. The van der Waals surface area contributed by atoms with Crippen LogP contribution in [0.3, 0.4) is 0 Å². The summed E-state index contributed by atoms with van der Waals surface area (Å²) in [5.41, 5.74) is -0.0353. The Morgan fingerprint density at radius 1 is 1.38 bits per heavy atom. The molecule has 9 heteroatoms. The van der Waals surface area contributed by atoms with E-state index in [0.717, 1.165) is 5.56 Å². The molecular formula is C20H21N3O4S2. The van der Waals surface area contributed by atoms with Crippen molar-refractivity contribution in [1.29, 1.82) is 5.26 Å². The average Bonchev–Trinajstić information content (AvgIpc) is 3.28. The van der Waals surface area contributed by atoms with Gasteiger partial charge in [-0.2, -0.15) is 5.26 Å². The molecule has 0 aliphatic carbocycles. The lowest BCUT2D eigenvalue weighted by molar-refractivity contribution is -0.178. The van der Waals surface area contributed by atoms with Crippen molar-refractivity contribution in [2.45, 2.75) is 42.3 Å². The van der Waals surface area contributed by atoms with Gasteiger partial charge >= 0.3 is 0 Å². The molecule has 7 nitrogen and oxygen atoms in total. The third-order valence-electron chi connectivity index (χ3n) is 6.39. The van der Waals surface area contributed by atoms with E-state index in [0.29, 0.717) is 24.5 Å².